The van der Waals surface area contributed by atoms with Crippen molar-refractivity contribution in [2.45, 2.75) is 13.0 Å². The highest BCUT2D eigenvalue weighted by Crippen LogP contribution is 2.30. The summed E-state index contributed by atoms with van der Waals surface area (Å²) in [5.74, 6) is 0. The number of nitrogens with zero attached hydrogens (tertiary/aromatic N) is 2. The second kappa shape index (κ2) is 5.58. The van der Waals surface area contributed by atoms with Crippen molar-refractivity contribution in [2.24, 2.45) is 0 Å². The van der Waals surface area contributed by atoms with Gasteiger partial charge in [0.15, 0.2) is 4.96 Å². The van der Waals surface area contributed by atoms with Crippen molar-refractivity contribution in [3.05, 3.63) is 71.4 Å². The van der Waals surface area contributed by atoms with Gasteiger partial charge in [0.05, 0.1) is 5.69 Å². The van der Waals surface area contributed by atoms with E-state index in [9.17, 15) is 0 Å². The van der Waals surface area contributed by atoms with Crippen LogP contribution in [0.3, 0.4) is 0 Å². The number of benzene rings is 2. The molecule has 0 spiro atoms. The Morgan fingerprint density at radius 3 is 2.50 bits per heavy atom. The third kappa shape index (κ3) is 2.27. The Morgan fingerprint density at radius 2 is 1.67 bits per heavy atom. The highest BCUT2D eigenvalue weighted by molar-refractivity contribution is 7.17. The average molecular weight is 331 g/mol. The third-order valence-electron chi connectivity index (χ3n) is 4.61. The second-order valence-electron chi connectivity index (χ2n) is 6.12. The van der Waals surface area contributed by atoms with Crippen LogP contribution in [0, 0.1) is 0 Å². The van der Waals surface area contributed by atoms with Crippen LogP contribution in [0.2, 0.25) is 0 Å². The number of thiazole rings is 1. The van der Waals surface area contributed by atoms with Crippen LogP contribution in [0.5, 0.6) is 0 Å². The molecular weight excluding hydrogens is 314 g/mol. The topological polar surface area (TPSA) is 29.3 Å². The summed E-state index contributed by atoms with van der Waals surface area (Å²) in [4.78, 5) is 7.37. The Bertz CT molecular complexity index is 997. The Labute approximate surface area is 144 Å². The van der Waals surface area contributed by atoms with Gasteiger partial charge in [-0.05, 0) is 11.1 Å². The van der Waals surface area contributed by atoms with Crippen LogP contribution in [0.4, 0.5) is 0 Å². The minimum absolute atomic E-state index is 0.977. The lowest BCUT2D eigenvalue weighted by Gasteiger charge is -2.11. The maximum absolute atomic E-state index is 4.84. The zero-order valence-corrected chi connectivity index (χ0v) is 14.0. The lowest BCUT2D eigenvalue weighted by atomic mass is 10.0. The fourth-order valence-electron chi connectivity index (χ4n) is 3.34. The molecule has 3 heterocycles. The Balaban J connectivity index is 1.52. The van der Waals surface area contributed by atoms with Crippen LogP contribution in [-0.4, -0.2) is 15.9 Å². The minimum atomic E-state index is 0.977. The van der Waals surface area contributed by atoms with E-state index < -0.39 is 0 Å². The van der Waals surface area contributed by atoms with Crippen LogP contribution < -0.4 is 5.32 Å². The molecule has 0 saturated heterocycles. The highest BCUT2D eigenvalue weighted by atomic mass is 32.1. The van der Waals surface area contributed by atoms with Crippen LogP contribution in [0.25, 0.3) is 27.3 Å². The molecule has 118 valence electrons. The van der Waals surface area contributed by atoms with Gasteiger partial charge in [-0.2, -0.15) is 0 Å². The van der Waals surface area contributed by atoms with Crippen LogP contribution in [0.1, 0.15) is 10.6 Å². The lowest BCUT2D eigenvalue weighted by molar-refractivity contribution is 0.638. The molecule has 0 unspecified atom stereocenters. The van der Waals surface area contributed by atoms with E-state index in [2.05, 4.69) is 64.4 Å². The molecule has 3 nitrogen and oxygen atoms in total. The first kappa shape index (κ1) is 14.0. The van der Waals surface area contributed by atoms with Crippen molar-refractivity contribution in [2.75, 3.05) is 6.54 Å². The summed E-state index contributed by atoms with van der Waals surface area (Å²) in [5, 5.41) is 3.43. The SMILES string of the molecule is c1ccc(-c2ccc(-c3cn4c5c(sc4n3)CNCC5)cc2)cc1. The van der Waals surface area contributed by atoms with E-state index in [1.165, 1.54) is 27.3 Å². The van der Waals surface area contributed by atoms with Gasteiger partial charge in [-0.15, -0.1) is 0 Å². The number of imidazole rings is 1. The van der Waals surface area contributed by atoms with Crippen molar-refractivity contribution in [3.63, 3.8) is 0 Å². The molecule has 2 aromatic carbocycles. The fraction of sp³-hybridized carbons (Fsp3) is 0.150. The summed E-state index contributed by atoms with van der Waals surface area (Å²) in [6, 6.07) is 19.2. The smallest absolute Gasteiger partial charge is 0.194 e. The summed E-state index contributed by atoms with van der Waals surface area (Å²) in [6.45, 7) is 2.03. The monoisotopic (exact) mass is 331 g/mol. The van der Waals surface area contributed by atoms with Gasteiger partial charge in [0.25, 0.3) is 0 Å². The van der Waals surface area contributed by atoms with Gasteiger partial charge in [-0.3, -0.25) is 4.40 Å². The quantitative estimate of drug-likeness (QED) is 0.591. The van der Waals surface area contributed by atoms with E-state index >= 15 is 0 Å². The number of aromatic nitrogens is 2. The fourth-order valence-corrected chi connectivity index (χ4v) is 4.46. The zero-order chi connectivity index (χ0) is 15.9. The van der Waals surface area contributed by atoms with E-state index in [1.807, 2.05) is 6.07 Å². The van der Waals surface area contributed by atoms with Gasteiger partial charge in [0, 0.05) is 41.8 Å². The van der Waals surface area contributed by atoms with Gasteiger partial charge < -0.3 is 5.32 Å². The molecule has 24 heavy (non-hydrogen) atoms. The Morgan fingerprint density at radius 1 is 0.917 bits per heavy atom. The van der Waals surface area contributed by atoms with Crippen molar-refractivity contribution in [3.8, 4) is 22.4 Å². The van der Waals surface area contributed by atoms with Crippen molar-refractivity contribution in [1.82, 2.24) is 14.7 Å². The minimum Gasteiger partial charge on any atom is -0.311 e. The van der Waals surface area contributed by atoms with Crippen molar-refractivity contribution < 1.29 is 0 Å². The first-order valence-electron chi connectivity index (χ1n) is 8.25. The Hall–Kier alpha value is -2.43. The van der Waals surface area contributed by atoms with Gasteiger partial charge in [-0.1, -0.05) is 65.9 Å². The van der Waals surface area contributed by atoms with E-state index in [1.54, 1.807) is 11.3 Å². The number of fused-ring (bicyclic) bond motifs is 3. The molecule has 2 aromatic heterocycles. The van der Waals surface area contributed by atoms with E-state index in [0.29, 0.717) is 0 Å². The molecule has 4 heteroatoms. The average Bonchev–Trinajstić information content (AvgIpc) is 3.21. The first-order chi connectivity index (χ1) is 11.9. The lowest BCUT2D eigenvalue weighted by Crippen LogP contribution is -2.23. The largest absolute Gasteiger partial charge is 0.311 e. The second-order valence-corrected chi connectivity index (χ2v) is 7.18. The van der Waals surface area contributed by atoms with E-state index in [4.69, 9.17) is 4.98 Å². The molecule has 1 aliphatic heterocycles. The van der Waals surface area contributed by atoms with Crippen molar-refractivity contribution >= 4 is 16.3 Å². The molecule has 4 aromatic rings. The number of rotatable bonds is 2. The molecule has 0 radical (unpaired) electrons. The van der Waals surface area contributed by atoms with Gasteiger partial charge in [0.2, 0.25) is 0 Å². The number of hydrogen-bond acceptors (Lipinski definition) is 3. The highest BCUT2D eigenvalue weighted by Gasteiger charge is 2.17. The van der Waals surface area contributed by atoms with Crippen molar-refractivity contribution in [1.29, 1.82) is 0 Å². The first-order valence-corrected chi connectivity index (χ1v) is 9.06. The van der Waals surface area contributed by atoms with Crippen LogP contribution in [0.15, 0.2) is 60.8 Å². The normalized spacial score (nSPS) is 14.0. The van der Waals surface area contributed by atoms with E-state index in [0.717, 1.165) is 30.2 Å². The summed E-state index contributed by atoms with van der Waals surface area (Å²) in [6.07, 6.45) is 3.27. The Kier molecular flexibility index (Phi) is 3.25. The molecule has 0 saturated carbocycles. The molecule has 1 aliphatic rings. The van der Waals surface area contributed by atoms with E-state index in [-0.39, 0.29) is 0 Å². The predicted molar refractivity (Wildman–Crippen MR) is 99.4 cm³/mol. The van der Waals surface area contributed by atoms with Gasteiger partial charge in [0.1, 0.15) is 0 Å². The zero-order valence-electron chi connectivity index (χ0n) is 13.2. The molecule has 5 rings (SSSR count). The molecule has 0 aliphatic carbocycles. The molecule has 0 amide bonds. The van der Waals surface area contributed by atoms with Gasteiger partial charge >= 0.3 is 0 Å². The van der Waals surface area contributed by atoms with Gasteiger partial charge in [-0.25, -0.2) is 4.98 Å². The molecular formula is C20H17N3S. The number of hydrogen-bond donors (Lipinski definition) is 1. The maximum Gasteiger partial charge on any atom is 0.194 e. The van der Waals surface area contributed by atoms with Crippen LogP contribution in [-0.2, 0) is 13.0 Å². The summed E-state index contributed by atoms with van der Waals surface area (Å²) in [5.41, 5.74) is 6.14. The predicted octanol–water partition coefficient (Wildman–Crippen LogP) is 4.38. The molecule has 0 bridgehead atoms. The maximum atomic E-state index is 4.84. The molecule has 0 fully saturated rings. The summed E-state index contributed by atoms with van der Waals surface area (Å²) in [7, 11) is 0. The number of nitrogens with one attached hydrogen (secondary N) is 1. The molecule has 0 atom stereocenters. The standard InChI is InChI=1S/C20H17N3S/c1-2-4-14(5-3-1)15-6-8-16(9-7-15)17-13-23-18-10-11-21-12-19(18)24-20(23)22-17/h1-9,13,21H,10-12H2. The third-order valence-corrected chi connectivity index (χ3v) is 5.71. The summed E-state index contributed by atoms with van der Waals surface area (Å²) >= 11 is 1.80. The molecule has 1 N–H and O–H groups in total. The summed E-state index contributed by atoms with van der Waals surface area (Å²) < 4.78 is 2.28. The van der Waals surface area contributed by atoms with Crippen LogP contribution >= 0.6 is 11.3 Å².